The summed E-state index contributed by atoms with van der Waals surface area (Å²) in [7, 11) is 0. The zero-order valence-electron chi connectivity index (χ0n) is 11.2. The Bertz CT molecular complexity index is 753. The van der Waals surface area contributed by atoms with Crippen LogP contribution in [0, 0.1) is 0 Å². The van der Waals surface area contributed by atoms with Crippen molar-refractivity contribution >= 4 is 22.8 Å². The summed E-state index contributed by atoms with van der Waals surface area (Å²) in [6.07, 6.45) is 0.640. The first-order valence-electron chi connectivity index (χ1n) is 6.55. The number of aromatic amines is 1. The molecule has 0 aliphatic rings. The van der Waals surface area contributed by atoms with Gasteiger partial charge in [0.25, 0.3) is 0 Å². The molecule has 5 N–H and O–H groups in total. The molecule has 1 aromatic heterocycles. The number of nitrogens with two attached hydrogens (primary N) is 1. The molecule has 0 spiro atoms. The summed E-state index contributed by atoms with van der Waals surface area (Å²) < 4.78 is 0. The van der Waals surface area contributed by atoms with E-state index in [9.17, 15) is 10.2 Å². The molecule has 0 radical (unpaired) electrons. The number of aromatic nitrogens is 2. The van der Waals surface area contributed by atoms with Crippen molar-refractivity contribution in [1.82, 2.24) is 9.97 Å². The molecule has 0 atom stereocenters. The summed E-state index contributed by atoms with van der Waals surface area (Å²) in [6.45, 7) is 0.485. The molecule has 0 saturated carbocycles. The van der Waals surface area contributed by atoms with Crippen LogP contribution in [0.25, 0.3) is 11.0 Å². The van der Waals surface area contributed by atoms with Crippen molar-refractivity contribution in [3.63, 3.8) is 0 Å². The standard InChI is InChI=1S/C15H15N3O2S/c16-6-5-9-7-12(19)14(20)13(8-9)21-15-17-10-3-1-2-4-11(10)18-15/h1-4,7-8,19-20H,5-6,16H2,(H,17,18). The number of nitrogens with one attached hydrogen (secondary N) is 1. The monoisotopic (exact) mass is 301 g/mol. The summed E-state index contributed by atoms with van der Waals surface area (Å²) in [5.74, 6) is -0.277. The average molecular weight is 301 g/mol. The first-order chi connectivity index (χ1) is 10.2. The summed E-state index contributed by atoms with van der Waals surface area (Å²) >= 11 is 1.28. The van der Waals surface area contributed by atoms with Gasteiger partial charge in [0, 0.05) is 0 Å². The van der Waals surface area contributed by atoms with Crippen LogP contribution in [0.3, 0.4) is 0 Å². The van der Waals surface area contributed by atoms with Crippen LogP contribution in [-0.2, 0) is 6.42 Å². The third-order valence-corrected chi connectivity index (χ3v) is 4.04. The second kappa shape index (κ2) is 5.67. The van der Waals surface area contributed by atoms with E-state index in [2.05, 4.69) is 9.97 Å². The minimum absolute atomic E-state index is 0.138. The minimum atomic E-state index is -0.139. The molecule has 1 heterocycles. The highest BCUT2D eigenvalue weighted by molar-refractivity contribution is 7.99. The van der Waals surface area contributed by atoms with Crippen LogP contribution in [-0.4, -0.2) is 26.7 Å². The van der Waals surface area contributed by atoms with E-state index < -0.39 is 0 Å². The van der Waals surface area contributed by atoms with Crippen LogP contribution in [0.1, 0.15) is 5.56 Å². The molecule has 3 rings (SSSR count). The molecule has 0 aliphatic heterocycles. The largest absolute Gasteiger partial charge is 0.504 e. The van der Waals surface area contributed by atoms with E-state index in [-0.39, 0.29) is 11.5 Å². The van der Waals surface area contributed by atoms with Gasteiger partial charge in [0.15, 0.2) is 16.7 Å². The fourth-order valence-corrected chi connectivity index (χ4v) is 3.04. The molecular formula is C15H15N3O2S. The Kier molecular flexibility index (Phi) is 3.72. The molecule has 2 aromatic carbocycles. The van der Waals surface area contributed by atoms with Crippen LogP contribution >= 0.6 is 11.8 Å². The van der Waals surface area contributed by atoms with Crippen molar-refractivity contribution in [2.75, 3.05) is 6.54 Å². The van der Waals surface area contributed by atoms with E-state index in [0.717, 1.165) is 16.6 Å². The molecule has 3 aromatic rings. The Hall–Kier alpha value is -2.18. The number of phenols is 2. The Labute approximate surface area is 125 Å². The SMILES string of the molecule is NCCc1cc(O)c(O)c(Sc2nc3ccccc3[nH]2)c1. The van der Waals surface area contributed by atoms with Gasteiger partial charge < -0.3 is 20.9 Å². The molecule has 0 aliphatic carbocycles. The Morgan fingerprint density at radius 2 is 2.00 bits per heavy atom. The lowest BCUT2D eigenvalue weighted by Gasteiger charge is -2.07. The van der Waals surface area contributed by atoms with Crippen molar-refractivity contribution in [2.24, 2.45) is 5.73 Å². The summed E-state index contributed by atoms with van der Waals surface area (Å²) in [5, 5.41) is 20.4. The van der Waals surface area contributed by atoms with Gasteiger partial charge in [-0.15, -0.1) is 0 Å². The molecule has 0 bridgehead atoms. The highest BCUT2D eigenvalue weighted by Crippen LogP contribution is 2.40. The van der Waals surface area contributed by atoms with Gasteiger partial charge in [-0.3, -0.25) is 0 Å². The number of nitrogens with zero attached hydrogens (tertiary/aromatic N) is 1. The van der Waals surface area contributed by atoms with E-state index in [4.69, 9.17) is 5.73 Å². The molecule has 108 valence electrons. The van der Waals surface area contributed by atoms with Gasteiger partial charge in [-0.05, 0) is 54.6 Å². The van der Waals surface area contributed by atoms with Gasteiger partial charge in [-0.25, -0.2) is 4.98 Å². The first-order valence-corrected chi connectivity index (χ1v) is 7.36. The number of H-pyrrole nitrogens is 1. The molecule has 0 saturated heterocycles. The van der Waals surface area contributed by atoms with Crippen LogP contribution in [0.2, 0.25) is 0 Å². The van der Waals surface area contributed by atoms with Crippen LogP contribution < -0.4 is 5.73 Å². The number of para-hydroxylation sites is 2. The number of phenolic OH excluding ortho intramolecular Hbond substituents is 2. The maximum atomic E-state index is 9.98. The maximum absolute atomic E-state index is 9.98. The van der Waals surface area contributed by atoms with Gasteiger partial charge >= 0.3 is 0 Å². The van der Waals surface area contributed by atoms with Crippen molar-refractivity contribution in [3.05, 3.63) is 42.0 Å². The van der Waals surface area contributed by atoms with Gasteiger partial charge in [-0.2, -0.15) is 0 Å². The fraction of sp³-hybridized carbons (Fsp3) is 0.133. The van der Waals surface area contributed by atoms with Crippen LogP contribution in [0.4, 0.5) is 0 Å². The Morgan fingerprint density at radius 3 is 2.76 bits per heavy atom. The number of fused-ring (bicyclic) bond motifs is 1. The molecule has 0 fully saturated rings. The summed E-state index contributed by atoms with van der Waals surface area (Å²) in [5.41, 5.74) is 8.21. The predicted molar refractivity (Wildman–Crippen MR) is 82.7 cm³/mol. The zero-order chi connectivity index (χ0) is 14.8. The number of benzene rings is 2. The average Bonchev–Trinajstić information content (AvgIpc) is 2.87. The Balaban J connectivity index is 1.96. The Morgan fingerprint density at radius 1 is 1.19 bits per heavy atom. The van der Waals surface area contributed by atoms with Gasteiger partial charge in [0.2, 0.25) is 0 Å². The van der Waals surface area contributed by atoms with E-state index >= 15 is 0 Å². The summed E-state index contributed by atoms with van der Waals surface area (Å²) in [6, 6.07) is 11.1. The van der Waals surface area contributed by atoms with E-state index in [0.29, 0.717) is 23.0 Å². The van der Waals surface area contributed by atoms with Crippen LogP contribution in [0.15, 0.2) is 46.5 Å². The van der Waals surface area contributed by atoms with E-state index in [1.54, 1.807) is 0 Å². The third-order valence-electron chi connectivity index (χ3n) is 3.12. The zero-order valence-corrected chi connectivity index (χ0v) is 12.0. The number of aromatic hydroxyl groups is 2. The summed E-state index contributed by atoms with van der Waals surface area (Å²) in [4.78, 5) is 8.17. The molecule has 6 heteroatoms. The predicted octanol–water partition coefficient (Wildman–Crippen LogP) is 2.63. The van der Waals surface area contributed by atoms with Gasteiger partial charge in [0.1, 0.15) is 0 Å². The highest BCUT2D eigenvalue weighted by Gasteiger charge is 2.12. The normalized spacial score (nSPS) is 11.1. The van der Waals surface area contributed by atoms with Gasteiger partial charge in [-0.1, -0.05) is 12.1 Å². The van der Waals surface area contributed by atoms with E-state index in [1.165, 1.54) is 17.8 Å². The van der Waals surface area contributed by atoms with Crippen molar-refractivity contribution < 1.29 is 10.2 Å². The molecule has 0 unspecified atom stereocenters. The van der Waals surface area contributed by atoms with Crippen LogP contribution in [0.5, 0.6) is 11.5 Å². The lowest BCUT2D eigenvalue weighted by atomic mass is 10.1. The molecular weight excluding hydrogens is 286 g/mol. The maximum Gasteiger partial charge on any atom is 0.171 e. The topological polar surface area (TPSA) is 95.2 Å². The smallest absolute Gasteiger partial charge is 0.171 e. The molecule has 21 heavy (non-hydrogen) atoms. The number of imidazole rings is 1. The lowest BCUT2D eigenvalue weighted by Crippen LogP contribution is -2.02. The number of hydrogen-bond donors (Lipinski definition) is 4. The first kappa shape index (κ1) is 13.8. The second-order valence-electron chi connectivity index (χ2n) is 4.66. The highest BCUT2D eigenvalue weighted by atomic mass is 32.2. The third kappa shape index (κ3) is 2.81. The minimum Gasteiger partial charge on any atom is -0.504 e. The van der Waals surface area contributed by atoms with Crippen molar-refractivity contribution in [2.45, 2.75) is 16.5 Å². The quantitative estimate of drug-likeness (QED) is 0.556. The number of hydrogen-bond acceptors (Lipinski definition) is 5. The van der Waals surface area contributed by atoms with Crippen molar-refractivity contribution in [3.8, 4) is 11.5 Å². The second-order valence-corrected chi connectivity index (χ2v) is 5.69. The lowest BCUT2D eigenvalue weighted by molar-refractivity contribution is 0.394. The fourth-order valence-electron chi connectivity index (χ4n) is 2.12. The van der Waals surface area contributed by atoms with Crippen molar-refractivity contribution in [1.29, 1.82) is 0 Å². The van der Waals surface area contributed by atoms with E-state index in [1.807, 2.05) is 30.3 Å². The number of rotatable bonds is 4. The van der Waals surface area contributed by atoms with Gasteiger partial charge in [0.05, 0.1) is 15.9 Å². The molecule has 0 amide bonds. The molecule has 5 nitrogen and oxygen atoms in total.